The van der Waals surface area contributed by atoms with Gasteiger partial charge in [-0.3, -0.25) is 0 Å². The second kappa shape index (κ2) is 11.0. The Morgan fingerprint density at radius 3 is 1.63 bits per heavy atom. The lowest BCUT2D eigenvalue weighted by atomic mass is 9.92. The van der Waals surface area contributed by atoms with Crippen LogP contribution in [0.15, 0.2) is 168 Å². The van der Waals surface area contributed by atoms with Crippen LogP contribution in [0.4, 0.5) is 0 Å². The molecule has 0 aliphatic rings. The normalized spacial score (nSPS) is 11.7. The molecule has 10 rings (SSSR count). The predicted octanol–water partition coefficient (Wildman–Crippen LogP) is 11.9. The third-order valence-electron chi connectivity index (χ3n) is 9.47. The van der Waals surface area contributed by atoms with E-state index in [-0.39, 0.29) is 0 Å². The van der Waals surface area contributed by atoms with Gasteiger partial charge < -0.3 is 4.42 Å². The first-order valence-electron chi connectivity index (χ1n) is 16.4. The number of hydrogen-bond acceptors (Lipinski definition) is 4. The molecule has 8 aromatic carbocycles. The zero-order valence-electron chi connectivity index (χ0n) is 26.3. The Hall–Kier alpha value is -6.65. The van der Waals surface area contributed by atoms with Crippen molar-refractivity contribution in [2.45, 2.75) is 0 Å². The molecule has 0 radical (unpaired) electrons. The third kappa shape index (κ3) is 4.65. The monoisotopic (exact) mass is 625 g/mol. The van der Waals surface area contributed by atoms with Crippen molar-refractivity contribution in [2.24, 2.45) is 0 Å². The van der Waals surface area contributed by atoms with Gasteiger partial charge in [0.15, 0.2) is 17.5 Å². The van der Waals surface area contributed by atoms with Crippen molar-refractivity contribution in [2.75, 3.05) is 0 Å². The number of nitrogens with zero attached hydrogens (tertiary/aromatic N) is 3. The highest BCUT2D eigenvalue weighted by Crippen LogP contribution is 2.39. The Kier molecular flexibility index (Phi) is 6.15. The van der Waals surface area contributed by atoms with Gasteiger partial charge in [-0.25, -0.2) is 15.0 Å². The lowest BCUT2D eigenvalue weighted by Crippen LogP contribution is -2.00. The minimum atomic E-state index is 0.604. The molecule has 2 heterocycles. The molecule has 0 bridgehead atoms. The maximum Gasteiger partial charge on any atom is 0.164 e. The highest BCUT2D eigenvalue weighted by atomic mass is 16.3. The van der Waals surface area contributed by atoms with E-state index in [9.17, 15) is 0 Å². The summed E-state index contributed by atoms with van der Waals surface area (Å²) in [4.78, 5) is 14.7. The van der Waals surface area contributed by atoms with E-state index in [0.717, 1.165) is 44.0 Å². The van der Waals surface area contributed by atoms with Crippen molar-refractivity contribution < 1.29 is 4.42 Å². The molecule has 2 aromatic heterocycles. The van der Waals surface area contributed by atoms with Gasteiger partial charge in [0.05, 0.1) is 0 Å². The first kappa shape index (κ1) is 27.5. The second-order valence-electron chi connectivity index (χ2n) is 12.5. The standard InChI is InChI=1S/C45H27N3O/c1-3-11-28(12-4-1)43-46-44(29-13-5-2-6-14-29)48-45(47-43)33-21-22-38-40-25-34-23-32(20-19-30(34)26-42(40)49-41(38)27-33)39-24-31-15-7-8-16-35(31)36-17-9-10-18-37(36)39/h1-27H. The van der Waals surface area contributed by atoms with Crippen molar-refractivity contribution >= 4 is 54.3 Å². The summed E-state index contributed by atoms with van der Waals surface area (Å²) in [5.41, 5.74) is 6.84. The van der Waals surface area contributed by atoms with E-state index in [1.807, 2.05) is 66.7 Å². The molecule has 0 amide bonds. The molecule has 0 fully saturated rings. The Morgan fingerprint density at radius 1 is 0.306 bits per heavy atom. The van der Waals surface area contributed by atoms with Crippen LogP contribution in [0.5, 0.6) is 0 Å². The highest BCUT2D eigenvalue weighted by molar-refractivity contribution is 6.15. The highest BCUT2D eigenvalue weighted by Gasteiger charge is 2.16. The van der Waals surface area contributed by atoms with E-state index in [0.29, 0.717) is 17.5 Å². The molecule has 0 atom stereocenters. The van der Waals surface area contributed by atoms with Gasteiger partial charge in [-0.2, -0.15) is 0 Å². The van der Waals surface area contributed by atoms with Gasteiger partial charge in [-0.1, -0.05) is 127 Å². The molecule has 0 unspecified atom stereocenters. The van der Waals surface area contributed by atoms with Gasteiger partial charge in [0.2, 0.25) is 0 Å². The lowest BCUT2D eigenvalue weighted by Gasteiger charge is -2.12. The molecular formula is C45H27N3O. The van der Waals surface area contributed by atoms with Crippen LogP contribution in [-0.4, -0.2) is 15.0 Å². The first-order valence-corrected chi connectivity index (χ1v) is 16.4. The summed E-state index contributed by atoms with van der Waals surface area (Å²) in [7, 11) is 0. The molecule has 0 aliphatic heterocycles. The molecule has 0 spiro atoms. The molecule has 0 aliphatic carbocycles. The van der Waals surface area contributed by atoms with Crippen LogP contribution in [0.2, 0.25) is 0 Å². The fraction of sp³-hybridized carbons (Fsp3) is 0. The Labute approximate surface area is 282 Å². The van der Waals surface area contributed by atoms with E-state index >= 15 is 0 Å². The zero-order valence-corrected chi connectivity index (χ0v) is 26.3. The predicted molar refractivity (Wildman–Crippen MR) is 201 cm³/mol. The van der Waals surface area contributed by atoms with Gasteiger partial charge in [0.25, 0.3) is 0 Å². The van der Waals surface area contributed by atoms with E-state index in [1.165, 1.54) is 38.1 Å². The van der Waals surface area contributed by atoms with Crippen molar-refractivity contribution in [1.29, 1.82) is 0 Å². The van der Waals surface area contributed by atoms with Crippen molar-refractivity contribution in [3.63, 3.8) is 0 Å². The molecule has 49 heavy (non-hydrogen) atoms. The van der Waals surface area contributed by atoms with Gasteiger partial charge in [-0.15, -0.1) is 0 Å². The molecule has 0 saturated carbocycles. The topological polar surface area (TPSA) is 51.8 Å². The third-order valence-corrected chi connectivity index (χ3v) is 9.47. The fourth-order valence-electron chi connectivity index (χ4n) is 7.06. The summed E-state index contributed by atoms with van der Waals surface area (Å²) in [5.74, 6) is 1.87. The Bertz CT molecular complexity index is 2820. The molecule has 10 aromatic rings. The minimum absolute atomic E-state index is 0.604. The van der Waals surface area contributed by atoms with Gasteiger partial charge in [0.1, 0.15) is 11.2 Å². The van der Waals surface area contributed by atoms with Gasteiger partial charge >= 0.3 is 0 Å². The van der Waals surface area contributed by atoms with E-state index in [1.54, 1.807) is 0 Å². The van der Waals surface area contributed by atoms with E-state index < -0.39 is 0 Å². The minimum Gasteiger partial charge on any atom is -0.456 e. The van der Waals surface area contributed by atoms with Crippen LogP contribution >= 0.6 is 0 Å². The van der Waals surface area contributed by atoms with E-state index in [4.69, 9.17) is 19.4 Å². The Balaban J connectivity index is 1.10. The maximum absolute atomic E-state index is 6.50. The summed E-state index contributed by atoms with van der Waals surface area (Å²) in [6.45, 7) is 0. The van der Waals surface area contributed by atoms with Crippen LogP contribution in [0.1, 0.15) is 0 Å². The summed E-state index contributed by atoms with van der Waals surface area (Å²) in [6.07, 6.45) is 0. The van der Waals surface area contributed by atoms with Gasteiger partial charge in [-0.05, 0) is 79.8 Å². The average molecular weight is 626 g/mol. The smallest absolute Gasteiger partial charge is 0.164 e. The number of rotatable bonds is 4. The SMILES string of the molecule is c1ccc(-c2nc(-c3ccccc3)nc(-c3ccc4c(c3)oc3cc5ccc(-c6cc7ccccc7c7ccccc67)cc5cc34)n2)cc1. The fourth-order valence-corrected chi connectivity index (χ4v) is 7.06. The lowest BCUT2D eigenvalue weighted by molar-refractivity contribution is 0.669. The maximum atomic E-state index is 6.50. The van der Waals surface area contributed by atoms with Crippen LogP contribution in [0.3, 0.4) is 0 Å². The van der Waals surface area contributed by atoms with Crippen LogP contribution in [-0.2, 0) is 0 Å². The number of hydrogen-bond donors (Lipinski definition) is 0. The molecule has 0 N–H and O–H groups in total. The zero-order chi connectivity index (χ0) is 32.3. The number of aromatic nitrogens is 3. The summed E-state index contributed by atoms with van der Waals surface area (Å²) < 4.78 is 6.50. The van der Waals surface area contributed by atoms with Crippen LogP contribution in [0.25, 0.3) is 99.5 Å². The van der Waals surface area contributed by atoms with Crippen LogP contribution < -0.4 is 0 Å². The van der Waals surface area contributed by atoms with Crippen molar-refractivity contribution in [3.05, 3.63) is 164 Å². The summed E-state index contributed by atoms with van der Waals surface area (Å²) in [5, 5.41) is 9.50. The molecular weight excluding hydrogens is 599 g/mol. The first-order chi connectivity index (χ1) is 24.2. The molecule has 0 saturated heterocycles. The van der Waals surface area contributed by atoms with Crippen molar-refractivity contribution in [1.82, 2.24) is 15.0 Å². The number of fused-ring (bicyclic) bond motifs is 7. The average Bonchev–Trinajstić information content (AvgIpc) is 3.53. The quantitative estimate of drug-likeness (QED) is 0.183. The molecule has 4 nitrogen and oxygen atoms in total. The Morgan fingerprint density at radius 2 is 0.898 bits per heavy atom. The van der Waals surface area contributed by atoms with Crippen molar-refractivity contribution in [3.8, 4) is 45.3 Å². The van der Waals surface area contributed by atoms with Crippen LogP contribution in [0, 0.1) is 0 Å². The largest absolute Gasteiger partial charge is 0.456 e. The summed E-state index contributed by atoms with van der Waals surface area (Å²) in [6, 6.07) is 57.1. The summed E-state index contributed by atoms with van der Waals surface area (Å²) >= 11 is 0. The van der Waals surface area contributed by atoms with E-state index in [2.05, 4.69) is 97.1 Å². The molecule has 4 heteroatoms. The molecule has 228 valence electrons. The van der Waals surface area contributed by atoms with Gasteiger partial charge in [0, 0.05) is 27.5 Å². The number of furan rings is 1. The second-order valence-corrected chi connectivity index (χ2v) is 12.5. The number of benzene rings is 8.